The second kappa shape index (κ2) is 5.69. The van der Waals surface area contributed by atoms with E-state index in [9.17, 15) is 0 Å². The van der Waals surface area contributed by atoms with Gasteiger partial charge in [0.1, 0.15) is 17.4 Å². The Hall–Kier alpha value is -0.810. The predicted molar refractivity (Wildman–Crippen MR) is 68.8 cm³/mol. The summed E-state index contributed by atoms with van der Waals surface area (Å²) >= 11 is 13.1. The highest BCUT2D eigenvalue weighted by Gasteiger charge is 2.05. The number of hydrogen-bond donors (Lipinski definition) is 1. The maximum Gasteiger partial charge on any atom is 0.140 e. The molecule has 90 valence electrons. The number of thiazole rings is 1. The van der Waals surface area contributed by atoms with E-state index in [-0.39, 0.29) is 6.61 Å². The number of halogens is 2. The summed E-state index contributed by atoms with van der Waals surface area (Å²) in [7, 11) is 0. The monoisotopic (exact) mass is 289 g/mol. The molecule has 0 bridgehead atoms. The third-order valence-electron chi connectivity index (χ3n) is 2.00. The number of aromatic nitrogens is 1. The SMILES string of the molecule is OCc1cnc(COc2ccc(Cl)cc2Cl)s1. The number of benzene rings is 1. The van der Waals surface area contributed by atoms with E-state index in [4.69, 9.17) is 33.0 Å². The molecule has 6 heteroatoms. The van der Waals surface area contributed by atoms with E-state index in [1.165, 1.54) is 11.3 Å². The average Bonchev–Trinajstić information content (AvgIpc) is 2.76. The second-order valence-corrected chi connectivity index (χ2v) is 5.29. The van der Waals surface area contributed by atoms with Crippen LogP contribution in [0.5, 0.6) is 5.75 Å². The van der Waals surface area contributed by atoms with Gasteiger partial charge in [-0.2, -0.15) is 0 Å². The summed E-state index contributed by atoms with van der Waals surface area (Å²) in [6, 6.07) is 5.05. The molecule has 0 unspecified atom stereocenters. The van der Waals surface area contributed by atoms with Gasteiger partial charge in [-0.05, 0) is 18.2 Å². The summed E-state index contributed by atoms with van der Waals surface area (Å²) in [6.07, 6.45) is 1.63. The van der Waals surface area contributed by atoms with Crippen LogP contribution in [0.1, 0.15) is 9.88 Å². The van der Waals surface area contributed by atoms with Gasteiger partial charge in [-0.25, -0.2) is 4.98 Å². The van der Waals surface area contributed by atoms with Gasteiger partial charge in [0.15, 0.2) is 0 Å². The molecule has 2 aromatic rings. The zero-order valence-corrected chi connectivity index (χ0v) is 11.0. The lowest BCUT2D eigenvalue weighted by Gasteiger charge is -2.06. The van der Waals surface area contributed by atoms with Crippen molar-refractivity contribution in [3.8, 4) is 5.75 Å². The van der Waals surface area contributed by atoms with Crippen molar-refractivity contribution in [2.75, 3.05) is 0 Å². The molecule has 2 rings (SSSR count). The standard InChI is InChI=1S/C11H9Cl2NO2S/c12-7-1-2-10(9(13)3-7)16-6-11-14-4-8(5-15)17-11/h1-4,15H,5-6H2. The molecule has 1 aromatic heterocycles. The molecule has 0 atom stereocenters. The fourth-order valence-electron chi connectivity index (χ4n) is 1.22. The molecule has 0 aliphatic rings. The van der Waals surface area contributed by atoms with Gasteiger partial charge < -0.3 is 9.84 Å². The number of hydrogen-bond acceptors (Lipinski definition) is 4. The summed E-state index contributed by atoms with van der Waals surface area (Å²) in [5.74, 6) is 0.566. The zero-order valence-electron chi connectivity index (χ0n) is 8.69. The molecule has 3 nitrogen and oxygen atoms in total. The predicted octanol–water partition coefficient (Wildman–Crippen LogP) is 3.52. The van der Waals surface area contributed by atoms with Crippen molar-refractivity contribution in [2.24, 2.45) is 0 Å². The molecule has 1 N–H and O–H groups in total. The van der Waals surface area contributed by atoms with E-state index >= 15 is 0 Å². The first-order valence-corrected chi connectivity index (χ1v) is 6.38. The lowest BCUT2D eigenvalue weighted by Crippen LogP contribution is -1.94. The van der Waals surface area contributed by atoms with Crippen molar-refractivity contribution < 1.29 is 9.84 Å². The van der Waals surface area contributed by atoms with Crippen molar-refractivity contribution >= 4 is 34.5 Å². The summed E-state index contributed by atoms with van der Waals surface area (Å²) in [6.45, 7) is 0.325. The van der Waals surface area contributed by atoms with E-state index in [1.807, 2.05) is 0 Å². The van der Waals surface area contributed by atoms with Crippen molar-refractivity contribution in [1.29, 1.82) is 0 Å². The Labute approximate surface area is 113 Å². The molecule has 0 radical (unpaired) electrons. The molecular weight excluding hydrogens is 281 g/mol. The minimum Gasteiger partial charge on any atom is -0.485 e. The molecule has 1 aromatic carbocycles. The maximum absolute atomic E-state index is 8.90. The Balaban J connectivity index is 2.02. The topological polar surface area (TPSA) is 42.4 Å². The van der Waals surface area contributed by atoms with Crippen LogP contribution in [0.2, 0.25) is 10.0 Å². The van der Waals surface area contributed by atoms with Crippen LogP contribution in [0.3, 0.4) is 0 Å². The van der Waals surface area contributed by atoms with Crippen LogP contribution in [0, 0.1) is 0 Å². The van der Waals surface area contributed by atoms with Crippen LogP contribution in [0.25, 0.3) is 0 Å². The summed E-state index contributed by atoms with van der Waals surface area (Å²) < 4.78 is 5.51. The van der Waals surface area contributed by atoms with Crippen molar-refractivity contribution in [2.45, 2.75) is 13.2 Å². The fourth-order valence-corrected chi connectivity index (χ4v) is 2.38. The van der Waals surface area contributed by atoms with E-state index in [2.05, 4.69) is 4.98 Å². The van der Waals surface area contributed by atoms with Gasteiger partial charge in [0, 0.05) is 11.2 Å². The maximum atomic E-state index is 8.90. The van der Waals surface area contributed by atoms with E-state index in [0.29, 0.717) is 22.4 Å². The van der Waals surface area contributed by atoms with E-state index < -0.39 is 0 Å². The number of ether oxygens (including phenoxy) is 1. The second-order valence-electron chi connectivity index (χ2n) is 3.24. The first-order chi connectivity index (χ1) is 8.19. The number of aliphatic hydroxyl groups excluding tert-OH is 1. The Bertz CT molecular complexity index is 516. The smallest absolute Gasteiger partial charge is 0.140 e. The Morgan fingerprint density at radius 2 is 2.18 bits per heavy atom. The lowest BCUT2D eigenvalue weighted by atomic mass is 10.3. The molecular formula is C11H9Cl2NO2S. The van der Waals surface area contributed by atoms with Crippen LogP contribution in [-0.4, -0.2) is 10.1 Å². The largest absolute Gasteiger partial charge is 0.485 e. The van der Waals surface area contributed by atoms with Crippen LogP contribution in [0.15, 0.2) is 24.4 Å². The Kier molecular flexibility index (Phi) is 4.23. The Morgan fingerprint density at radius 3 is 2.82 bits per heavy atom. The lowest BCUT2D eigenvalue weighted by molar-refractivity contribution is 0.285. The molecule has 0 fully saturated rings. The van der Waals surface area contributed by atoms with Gasteiger partial charge in [-0.1, -0.05) is 23.2 Å². The highest BCUT2D eigenvalue weighted by atomic mass is 35.5. The minimum atomic E-state index is -0.000627. The zero-order chi connectivity index (χ0) is 12.3. The van der Waals surface area contributed by atoms with Crippen molar-refractivity contribution in [3.63, 3.8) is 0 Å². The summed E-state index contributed by atoms with van der Waals surface area (Å²) in [5.41, 5.74) is 0. The number of rotatable bonds is 4. The van der Waals surface area contributed by atoms with Crippen molar-refractivity contribution in [3.05, 3.63) is 44.3 Å². The van der Waals surface area contributed by atoms with Crippen LogP contribution in [-0.2, 0) is 13.2 Å². The molecule has 0 saturated carbocycles. The molecule has 0 saturated heterocycles. The van der Waals surface area contributed by atoms with E-state index in [0.717, 1.165) is 9.88 Å². The number of aliphatic hydroxyl groups is 1. The van der Waals surface area contributed by atoms with Gasteiger partial charge in [0.25, 0.3) is 0 Å². The molecule has 1 heterocycles. The average molecular weight is 290 g/mol. The first kappa shape index (κ1) is 12.6. The summed E-state index contributed by atoms with van der Waals surface area (Å²) in [4.78, 5) is 4.92. The highest BCUT2D eigenvalue weighted by Crippen LogP contribution is 2.28. The number of nitrogens with zero attached hydrogens (tertiary/aromatic N) is 1. The van der Waals surface area contributed by atoms with Crippen LogP contribution >= 0.6 is 34.5 Å². The molecule has 0 aliphatic carbocycles. The van der Waals surface area contributed by atoms with Gasteiger partial charge in [-0.3, -0.25) is 0 Å². The van der Waals surface area contributed by atoms with Gasteiger partial charge in [-0.15, -0.1) is 11.3 Å². The molecule has 17 heavy (non-hydrogen) atoms. The quantitative estimate of drug-likeness (QED) is 0.936. The van der Waals surface area contributed by atoms with Gasteiger partial charge >= 0.3 is 0 Å². The van der Waals surface area contributed by atoms with Gasteiger partial charge in [0.2, 0.25) is 0 Å². The van der Waals surface area contributed by atoms with Crippen LogP contribution < -0.4 is 4.74 Å². The molecule has 0 aliphatic heterocycles. The van der Waals surface area contributed by atoms with Crippen LogP contribution in [0.4, 0.5) is 0 Å². The third kappa shape index (κ3) is 3.33. The normalized spacial score (nSPS) is 10.5. The first-order valence-electron chi connectivity index (χ1n) is 4.81. The molecule has 0 amide bonds. The fraction of sp³-hybridized carbons (Fsp3) is 0.182. The van der Waals surface area contributed by atoms with Gasteiger partial charge in [0.05, 0.1) is 16.5 Å². The third-order valence-corrected chi connectivity index (χ3v) is 3.49. The summed E-state index contributed by atoms with van der Waals surface area (Å²) in [5, 5.41) is 10.7. The Morgan fingerprint density at radius 1 is 1.35 bits per heavy atom. The van der Waals surface area contributed by atoms with E-state index in [1.54, 1.807) is 24.4 Å². The highest BCUT2D eigenvalue weighted by molar-refractivity contribution is 7.11. The minimum absolute atomic E-state index is 0.000627. The molecule has 0 spiro atoms. The van der Waals surface area contributed by atoms with Crippen molar-refractivity contribution in [1.82, 2.24) is 4.98 Å².